The maximum atomic E-state index is 12.9. The fourth-order valence-corrected chi connectivity index (χ4v) is 4.47. The van der Waals surface area contributed by atoms with E-state index in [4.69, 9.17) is 9.40 Å². The van der Waals surface area contributed by atoms with E-state index >= 15 is 0 Å². The highest BCUT2D eigenvalue weighted by atomic mass is 32.1. The minimum absolute atomic E-state index is 0.0350. The molecule has 1 aliphatic rings. The molecule has 0 aromatic carbocycles. The lowest BCUT2D eigenvalue weighted by Crippen LogP contribution is -2.35. The van der Waals surface area contributed by atoms with Crippen molar-refractivity contribution >= 4 is 17.2 Å². The van der Waals surface area contributed by atoms with Crippen LogP contribution in [-0.4, -0.2) is 56.7 Å². The van der Waals surface area contributed by atoms with Crippen LogP contribution in [0.15, 0.2) is 40.4 Å². The molecular formula is C22H29N5O2S. The Morgan fingerprint density at radius 1 is 1.17 bits per heavy atom. The molecule has 160 valence electrons. The highest BCUT2D eigenvalue weighted by Crippen LogP contribution is 2.26. The fourth-order valence-electron chi connectivity index (χ4n) is 3.57. The first-order valence-electron chi connectivity index (χ1n) is 10.4. The Kier molecular flexibility index (Phi) is 6.06. The molecule has 4 heterocycles. The Hall–Kier alpha value is -2.45. The summed E-state index contributed by atoms with van der Waals surface area (Å²) in [6, 6.07) is 5.49. The maximum Gasteiger partial charge on any atom is 0.289 e. The molecule has 0 saturated carbocycles. The minimum atomic E-state index is -0.0350. The van der Waals surface area contributed by atoms with Crippen LogP contribution in [0.1, 0.15) is 54.2 Å². The van der Waals surface area contributed by atoms with Crippen LogP contribution in [-0.2, 0) is 18.5 Å². The number of rotatable bonds is 5. The predicted octanol–water partition coefficient (Wildman–Crippen LogP) is 3.63. The molecule has 1 fully saturated rings. The van der Waals surface area contributed by atoms with Gasteiger partial charge < -0.3 is 9.32 Å². The largest absolute Gasteiger partial charge is 0.454 e. The normalized spacial score (nSPS) is 16.0. The molecule has 0 aliphatic carbocycles. The zero-order valence-corrected chi connectivity index (χ0v) is 18.7. The molecule has 0 unspecified atom stereocenters. The van der Waals surface area contributed by atoms with Gasteiger partial charge in [0, 0.05) is 55.9 Å². The Bertz CT molecular complexity index is 970. The molecule has 30 heavy (non-hydrogen) atoms. The summed E-state index contributed by atoms with van der Waals surface area (Å²) in [5.41, 5.74) is 1.21. The lowest BCUT2D eigenvalue weighted by atomic mass is 9.98. The highest BCUT2D eigenvalue weighted by molar-refractivity contribution is 7.09. The molecule has 0 spiro atoms. The summed E-state index contributed by atoms with van der Waals surface area (Å²) >= 11 is 1.74. The standard InChI is InChI=1S/C22H29N5O2S/c1-22(2,3)21-24-17(16-30-21)14-25-9-5-10-26(13-12-25)20(28)19-7-6-18(29-19)15-27-11-4-8-23-27/h4,6-8,11,16H,5,9-10,12-15H2,1-3H3. The number of furan rings is 1. The minimum Gasteiger partial charge on any atom is -0.454 e. The molecular weight excluding hydrogens is 398 g/mol. The lowest BCUT2D eigenvalue weighted by molar-refractivity contribution is 0.0727. The topological polar surface area (TPSA) is 67.4 Å². The van der Waals surface area contributed by atoms with Crippen LogP contribution in [0, 0.1) is 0 Å². The number of amides is 1. The quantitative estimate of drug-likeness (QED) is 0.622. The summed E-state index contributed by atoms with van der Waals surface area (Å²) < 4.78 is 7.57. The van der Waals surface area contributed by atoms with Crippen molar-refractivity contribution in [2.75, 3.05) is 26.2 Å². The van der Waals surface area contributed by atoms with Gasteiger partial charge in [0.25, 0.3) is 5.91 Å². The molecule has 1 aliphatic heterocycles. The van der Waals surface area contributed by atoms with E-state index in [0.717, 1.165) is 44.1 Å². The van der Waals surface area contributed by atoms with Crippen molar-refractivity contribution < 1.29 is 9.21 Å². The van der Waals surface area contributed by atoms with Gasteiger partial charge in [0.15, 0.2) is 5.76 Å². The molecule has 0 bridgehead atoms. The molecule has 3 aromatic rings. The van der Waals surface area contributed by atoms with Crippen LogP contribution in [0.25, 0.3) is 0 Å². The molecule has 1 amide bonds. The molecule has 0 radical (unpaired) electrons. The molecule has 7 nitrogen and oxygen atoms in total. The Balaban J connectivity index is 1.33. The second kappa shape index (κ2) is 8.73. The summed E-state index contributed by atoms with van der Waals surface area (Å²) in [5.74, 6) is 1.10. The van der Waals surface area contributed by atoms with Crippen molar-refractivity contribution in [2.24, 2.45) is 0 Å². The van der Waals surface area contributed by atoms with Gasteiger partial charge in [0.2, 0.25) is 0 Å². The van der Waals surface area contributed by atoms with E-state index in [0.29, 0.717) is 18.8 Å². The zero-order chi connectivity index (χ0) is 21.1. The third-order valence-corrected chi connectivity index (χ3v) is 6.52. The van der Waals surface area contributed by atoms with E-state index in [1.54, 1.807) is 28.3 Å². The van der Waals surface area contributed by atoms with Crippen LogP contribution in [0.5, 0.6) is 0 Å². The molecule has 8 heteroatoms. The first kappa shape index (κ1) is 20.8. The number of carbonyl (C=O) groups excluding carboxylic acids is 1. The second-order valence-corrected chi connectivity index (χ2v) is 9.64. The van der Waals surface area contributed by atoms with E-state index in [-0.39, 0.29) is 11.3 Å². The second-order valence-electron chi connectivity index (χ2n) is 8.79. The van der Waals surface area contributed by atoms with E-state index in [1.807, 2.05) is 23.2 Å². The third-order valence-electron chi connectivity index (χ3n) is 5.20. The molecule has 3 aromatic heterocycles. The maximum absolute atomic E-state index is 12.9. The molecule has 0 N–H and O–H groups in total. The molecule has 4 rings (SSSR count). The Labute approximate surface area is 181 Å². The third kappa shape index (κ3) is 4.99. The summed E-state index contributed by atoms with van der Waals surface area (Å²) in [6.45, 7) is 11.2. The smallest absolute Gasteiger partial charge is 0.289 e. The van der Waals surface area contributed by atoms with Crippen LogP contribution in [0.4, 0.5) is 0 Å². The predicted molar refractivity (Wildman–Crippen MR) is 117 cm³/mol. The van der Waals surface area contributed by atoms with Crippen molar-refractivity contribution in [3.05, 3.63) is 58.2 Å². The fraction of sp³-hybridized carbons (Fsp3) is 0.500. The highest BCUT2D eigenvalue weighted by Gasteiger charge is 2.24. The summed E-state index contributed by atoms with van der Waals surface area (Å²) in [7, 11) is 0. The van der Waals surface area contributed by atoms with Gasteiger partial charge in [-0.25, -0.2) is 4.98 Å². The average Bonchev–Trinajstić information content (AvgIpc) is 3.43. The van der Waals surface area contributed by atoms with Crippen LogP contribution in [0.3, 0.4) is 0 Å². The molecule has 0 atom stereocenters. The van der Waals surface area contributed by atoms with Crippen molar-refractivity contribution in [3.8, 4) is 0 Å². The number of hydrogen-bond acceptors (Lipinski definition) is 6. The van der Waals surface area contributed by atoms with Crippen molar-refractivity contribution in [2.45, 2.75) is 45.7 Å². The van der Waals surface area contributed by atoms with Crippen molar-refractivity contribution in [1.82, 2.24) is 24.6 Å². The van der Waals surface area contributed by atoms with Gasteiger partial charge >= 0.3 is 0 Å². The Morgan fingerprint density at radius 2 is 2.03 bits per heavy atom. The first-order valence-corrected chi connectivity index (χ1v) is 11.3. The van der Waals surface area contributed by atoms with Crippen molar-refractivity contribution in [1.29, 1.82) is 0 Å². The van der Waals surface area contributed by atoms with Gasteiger partial charge in [-0.1, -0.05) is 20.8 Å². The number of nitrogens with zero attached hydrogens (tertiary/aromatic N) is 5. The zero-order valence-electron chi connectivity index (χ0n) is 17.9. The number of aromatic nitrogens is 3. The average molecular weight is 428 g/mol. The summed E-state index contributed by atoms with van der Waals surface area (Å²) in [4.78, 5) is 22.0. The van der Waals surface area contributed by atoms with Gasteiger partial charge in [-0.3, -0.25) is 14.4 Å². The number of carbonyl (C=O) groups is 1. The van der Waals surface area contributed by atoms with Crippen LogP contribution >= 0.6 is 11.3 Å². The SMILES string of the molecule is CC(C)(C)c1nc(CN2CCCN(C(=O)c3ccc(Cn4cccn4)o3)CC2)cs1. The first-order chi connectivity index (χ1) is 14.4. The van der Waals surface area contributed by atoms with E-state index in [2.05, 4.69) is 36.1 Å². The van der Waals surface area contributed by atoms with Crippen LogP contribution in [0.2, 0.25) is 0 Å². The molecule has 1 saturated heterocycles. The monoisotopic (exact) mass is 427 g/mol. The summed E-state index contributed by atoms with van der Waals surface area (Å²) in [5, 5.41) is 7.52. The number of hydrogen-bond donors (Lipinski definition) is 0. The van der Waals surface area contributed by atoms with Crippen LogP contribution < -0.4 is 0 Å². The summed E-state index contributed by atoms with van der Waals surface area (Å²) in [6.07, 6.45) is 4.55. The van der Waals surface area contributed by atoms with Gasteiger partial charge in [-0.05, 0) is 24.6 Å². The van der Waals surface area contributed by atoms with Crippen molar-refractivity contribution in [3.63, 3.8) is 0 Å². The van der Waals surface area contributed by atoms with Gasteiger partial charge in [0.1, 0.15) is 5.76 Å². The van der Waals surface area contributed by atoms with E-state index < -0.39 is 0 Å². The van der Waals surface area contributed by atoms with E-state index in [1.165, 1.54) is 5.01 Å². The lowest BCUT2D eigenvalue weighted by Gasteiger charge is -2.21. The van der Waals surface area contributed by atoms with Gasteiger partial charge in [-0.2, -0.15) is 5.10 Å². The van der Waals surface area contributed by atoms with Gasteiger partial charge in [-0.15, -0.1) is 11.3 Å². The van der Waals surface area contributed by atoms with E-state index in [9.17, 15) is 4.79 Å². The van der Waals surface area contributed by atoms with Gasteiger partial charge in [0.05, 0.1) is 17.2 Å². The Morgan fingerprint density at radius 3 is 2.77 bits per heavy atom. The number of thiazole rings is 1.